The van der Waals surface area contributed by atoms with Gasteiger partial charge in [0.15, 0.2) is 0 Å². The lowest BCUT2D eigenvalue weighted by atomic mass is 10.1. The van der Waals surface area contributed by atoms with Gasteiger partial charge in [-0.25, -0.2) is 9.37 Å². The first kappa shape index (κ1) is 13.8. The molecule has 0 unspecified atom stereocenters. The van der Waals surface area contributed by atoms with E-state index in [4.69, 9.17) is 16.3 Å². The molecule has 1 aromatic heterocycles. The van der Waals surface area contributed by atoms with E-state index >= 15 is 0 Å². The van der Waals surface area contributed by atoms with Gasteiger partial charge in [0.05, 0.1) is 5.52 Å². The van der Waals surface area contributed by atoms with Gasteiger partial charge in [0.2, 0.25) is 0 Å². The number of ether oxygens (including phenoxy) is 1. The molecule has 0 amide bonds. The first-order chi connectivity index (χ1) is 10.1. The smallest absolute Gasteiger partial charge is 0.136 e. The van der Waals surface area contributed by atoms with E-state index in [0.717, 1.165) is 5.56 Å². The van der Waals surface area contributed by atoms with Crippen molar-refractivity contribution in [3.63, 3.8) is 0 Å². The van der Waals surface area contributed by atoms with E-state index < -0.39 is 0 Å². The first-order valence-corrected chi connectivity index (χ1v) is 6.95. The summed E-state index contributed by atoms with van der Waals surface area (Å²) in [5.74, 6) is 0.254. The zero-order chi connectivity index (χ0) is 14.8. The van der Waals surface area contributed by atoms with Crippen molar-refractivity contribution in [2.24, 2.45) is 0 Å². The summed E-state index contributed by atoms with van der Waals surface area (Å²) in [6.45, 7) is 2.22. The number of halogens is 2. The van der Waals surface area contributed by atoms with Crippen molar-refractivity contribution in [1.82, 2.24) is 4.98 Å². The summed E-state index contributed by atoms with van der Waals surface area (Å²) in [4.78, 5) is 4.25. The third kappa shape index (κ3) is 2.83. The number of rotatable bonds is 3. The number of benzene rings is 2. The van der Waals surface area contributed by atoms with Crippen LogP contribution in [0.25, 0.3) is 10.9 Å². The minimum atomic E-state index is -0.324. The maximum Gasteiger partial charge on any atom is 0.136 e. The summed E-state index contributed by atoms with van der Waals surface area (Å²) >= 11 is 6.13. The van der Waals surface area contributed by atoms with Gasteiger partial charge in [-0.2, -0.15) is 0 Å². The number of aromatic nitrogens is 1. The molecular formula is C17H13ClFNO. The fourth-order valence-corrected chi connectivity index (χ4v) is 2.37. The summed E-state index contributed by atoms with van der Waals surface area (Å²) in [6, 6.07) is 14.2. The maximum atomic E-state index is 13.5. The van der Waals surface area contributed by atoms with Gasteiger partial charge in [0.1, 0.15) is 23.3 Å². The van der Waals surface area contributed by atoms with Gasteiger partial charge < -0.3 is 4.74 Å². The highest BCUT2D eigenvalue weighted by Gasteiger charge is 2.13. The molecule has 0 aliphatic carbocycles. The summed E-state index contributed by atoms with van der Waals surface area (Å²) in [5, 5.41) is 1.00. The Hall–Kier alpha value is -2.13. The Kier molecular flexibility index (Phi) is 3.76. The highest BCUT2D eigenvalue weighted by atomic mass is 35.5. The summed E-state index contributed by atoms with van der Waals surface area (Å²) in [6.07, 6.45) is 0. The summed E-state index contributed by atoms with van der Waals surface area (Å²) in [5.41, 5.74) is 2.37. The zero-order valence-corrected chi connectivity index (χ0v) is 12.2. The Balaban J connectivity index is 2.03. The SMILES string of the molecule is Cc1c(Cl)nc2ccc(F)cc2c1OCc1ccccc1. The molecule has 3 aromatic rings. The molecular weight excluding hydrogens is 289 g/mol. The van der Waals surface area contributed by atoms with Gasteiger partial charge in [0.25, 0.3) is 0 Å². The van der Waals surface area contributed by atoms with E-state index in [1.54, 1.807) is 6.07 Å². The molecule has 0 N–H and O–H groups in total. The van der Waals surface area contributed by atoms with Crippen molar-refractivity contribution in [3.8, 4) is 5.75 Å². The highest BCUT2D eigenvalue weighted by molar-refractivity contribution is 6.31. The predicted molar refractivity (Wildman–Crippen MR) is 82.2 cm³/mol. The topological polar surface area (TPSA) is 22.1 Å². The van der Waals surface area contributed by atoms with Crippen LogP contribution in [0.15, 0.2) is 48.5 Å². The van der Waals surface area contributed by atoms with Gasteiger partial charge in [-0.15, -0.1) is 0 Å². The third-order valence-corrected chi connectivity index (χ3v) is 3.67. The van der Waals surface area contributed by atoms with Gasteiger partial charge >= 0.3 is 0 Å². The fraction of sp³-hybridized carbons (Fsp3) is 0.118. The van der Waals surface area contributed by atoms with Crippen molar-refractivity contribution in [3.05, 3.63) is 70.6 Å². The molecule has 106 valence electrons. The van der Waals surface area contributed by atoms with Crippen LogP contribution in [0.5, 0.6) is 5.75 Å². The predicted octanol–water partition coefficient (Wildman–Crippen LogP) is 4.91. The molecule has 0 radical (unpaired) electrons. The lowest BCUT2D eigenvalue weighted by molar-refractivity contribution is 0.307. The molecule has 0 fully saturated rings. The monoisotopic (exact) mass is 301 g/mol. The molecule has 2 aromatic carbocycles. The van der Waals surface area contributed by atoms with Crippen molar-refractivity contribution >= 4 is 22.5 Å². The lowest BCUT2D eigenvalue weighted by Crippen LogP contribution is -1.99. The molecule has 0 aliphatic rings. The molecule has 0 atom stereocenters. The van der Waals surface area contributed by atoms with Gasteiger partial charge in [-0.3, -0.25) is 0 Å². The molecule has 4 heteroatoms. The minimum Gasteiger partial charge on any atom is -0.488 e. The van der Waals surface area contributed by atoms with E-state index in [-0.39, 0.29) is 5.82 Å². The number of nitrogens with zero attached hydrogens (tertiary/aromatic N) is 1. The summed E-state index contributed by atoms with van der Waals surface area (Å²) < 4.78 is 19.4. The van der Waals surface area contributed by atoms with Crippen LogP contribution in [0, 0.1) is 12.7 Å². The van der Waals surface area contributed by atoms with Crippen LogP contribution in [-0.4, -0.2) is 4.98 Å². The van der Waals surface area contributed by atoms with E-state index in [1.165, 1.54) is 12.1 Å². The van der Waals surface area contributed by atoms with Crippen molar-refractivity contribution in [2.45, 2.75) is 13.5 Å². The lowest BCUT2D eigenvalue weighted by Gasteiger charge is -2.13. The van der Waals surface area contributed by atoms with Crippen LogP contribution in [0.1, 0.15) is 11.1 Å². The zero-order valence-electron chi connectivity index (χ0n) is 11.4. The van der Waals surface area contributed by atoms with Gasteiger partial charge in [-0.1, -0.05) is 41.9 Å². The van der Waals surface area contributed by atoms with E-state index in [2.05, 4.69) is 4.98 Å². The van der Waals surface area contributed by atoms with Crippen molar-refractivity contribution < 1.29 is 9.13 Å². The van der Waals surface area contributed by atoms with E-state index in [1.807, 2.05) is 37.3 Å². The minimum absolute atomic E-state index is 0.324. The van der Waals surface area contributed by atoms with Crippen LogP contribution in [0.4, 0.5) is 4.39 Å². The molecule has 2 nitrogen and oxygen atoms in total. The highest BCUT2D eigenvalue weighted by Crippen LogP contribution is 2.33. The standard InChI is InChI=1S/C17H13ClFNO/c1-11-16(21-10-12-5-3-2-4-6-12)14-9-13(19)7-8-15(14)20-17(11)18/h2-9H,10H2,1H3. The normalized spacial score (nSPS) is 10.8. The van der Waals surface area contributed by atoms with E-state index in [0.29, 0.717) is 34.0 Å². The van der Waals surface area contributed by atoms with Gasteiger partial charge in [-0.05, 0) is 30.7 Å². The van der Waals surface area contributed by atoms with Crippen LogP contribution >= 0.6 is 11.6 Å². The molecule has 0 saturated carbocycles. The Morgan fingerprint density at radius 3 is 2.67 bits per heavy atom. The van der Waals surface area contributed by atoms with Gasteiger partial charge in [0, 0.05) is 10.9 Å². The Labute approximate surface area is 127 Å². The molecule has 3 rings (SSSR count). The molecule has 21 heavy (non-hydrogen) atoms. The third-order valence-electron chi connectivity index (χ3n) is 3.30. The molecule has 1 heterocycles. The number of fused-ring (bicyclic) bond motifs is 1. The van der Waals surface area contributed by atoms with Crippen molar-refractivity contribution in [1.29, 1.82) is 0 Å². The second-order valence-corrected chi connectivity index (χ2v) is 5.15. The average Bonchev–Trinajstić information content (AvgIpc) is 2.49. The second-order valence-electron chi connectivity index (χ2n) is 4.79. The molecule has 0 saturated heterocycles. The first-order valence-electron chi connectivity index (χ1n) is 6.57. The quantitative estimate of drug-likeness (QED) is 0.641. The maximum absolute atomic E-state index is 13.5. The summed E-state index contributed by atoms with van der Waals surface area (Å²) in [7, 11) is 0. The Morgan fingerprint density at radius 2 is 1.90 bits per heavy atom. The largest absolute Gasteiger partial charge is 0.488 e. The molecule has 0 aliphatic heterocycles. The fourth-order valence-electron chi connectivity index (χ4n) is 2.19. The molecule has 0 bridgehead atoms. The molecule has 0 spiro atoms. The van der Waals surface area contributed by atoms with E-state index in [9.17, 15) is 4.39 Å². The average molecular weight is 302 g/mol. The Morgan fingerprint density at radius 1 is 1.14 bits per heavy atom. The second kappa shape index (κ2) is 5.70. The Bertz CT molecular complexity index is 790. The van der Waals surface area contributed by atoms with Crippen LogP contribution in [-0.2, 0) is 6.61 Å². The van der Waals surface area contributed by atoms with Crippen LogP contribution in [0.3, 0.4) is 0 Å². The van der Waals surface area contributed by atoms with Crippen LogP contribution in [0.2, 0.25) is 5.15 Å². The number of hydrogen-bond donors (Lipinski definition) is 0. The number of hydrogen-bond acceptors (Lipinski definition) is 2. The number of pyridine rings is 1. The van der Waals surface area contributed by atoms with Crippen LogP contribution < -0.4 is 4.74 Å². The van der Waals surface area contributed by atoms with Crippen molar-refractivity contribution in [2.75, 3.05) is 0 Å².